The van der Waals surface area contributed by atoms with Gasteiger partial charge in [-0.05, 0) is 86.0 Å². The number of hydrogen-bond donors (Lipinski definition) is 0. The summed E-state index contributed by atoms with van der Waals surface area (Å²) < 4.78 is 52.9. The molecule has 3 aromatic rings. The van der Waals surface area contributed by atoms with Gasteiger partial charge in [0.25, 0.3) is 5.91 Å². The Morgan fingerprint density at radius 2 is 1.80 bits per heavy atom. The molecular weight excluding hydrogens is 629 g/mol. The monoisotopic (exact) mass is 670 g/mol. The molecule has 7 rings (SSSR count). The van der Waals surface area contributed by atoms with E-state index in [1.54, 1.807) is 4.90 Å². The molecule has 1 spiro atoms. The molecule has 5 atom stereocenters. The van der Waals surface area contributed by atoms with Crippen LogP contribution in [0.5, 0.6) is 5.75 Å². The molecule has 2 heterocycles. The summed E-state index contributed by atoms with van der Waals surface area (Å²) in [6.45, 7) is 7.62. The third-order valence-electron chi connectivity index (χ3n) is 11.0. The Morgan fingerprint density at radius 3 is 2.49 bits per heavy atom. The highest BCUT2D eigenvalue weighted by molar-refractivity contribution is 5.94. The largest absolute Gasteiger partial charge is 0.487 e. The van der Waals surface area contributed by atoms with Crippen LogP contribution in [0.15, 0.2) is 72.8 Å². The summed E-state index contributed by atoms with van der Waals surface area (Å²) in [6.07, 6.45) is -1.49. The minimum absolute atomic E-state index is 0.0597. The fourth-order valence-corrected chi connectivity index (χ4v) is 9.22. The quantitative estimate of drug-likeness (QED) is 0.210. The van der Waals surface area contributed by atoms with Crippen molar-refractivity contribution in [1.29, 1.82) is 0 Å². The zero-order chi connectivity index (χ0) is 34.6. The Balaban J connectivity index is 1.26. The van der Waals surface area contributed by atoms with Gasteiger partial charge in [-0.1, -0.05) is 62.2 Å². The van der Waals surface area contributed by atoms with Crippen LogP contribution >= 0.6 is 0 Å². The van der Waals surface area contributed by atoms with E-state index in [4.69, 9.17) is 9.47 Å². The van der Waals surface area contributed by atoms with Crippen LogP contribution in [0.1, 0.15) is 67.9 Å². The van der Waals surface area contributed by atoms with Crippen molar-refractivity contribution in [2.45, 2.75) is 88.3 Å². The second-order valence-electron chi connectivity index (χ2n) is 14.3. The fraction of sp³-hybridized carbons (Fsp3) is 0.450. The minimum Gasteiger partial charge on any atom is -0.487 e. The third-order valence-corrected chi connectivity index (χ3v) is 11.0. The van der Waals surface area contributed by atoms with Crippen molar-refractivity contribution < 1.29 is 32.2 Å². The van der Waals surface area contributed by atoms with E-state index in [0.29, 0.717) is 31.4 Å². The maximum atomic E-state index is 14.0. The molecule has 0 unspecified atom stereocenters. The molecule has 2 bridgehead atoms. The van der Waals surface area contributed by atoms with Gasteiger partial charge in [-0.15, -0.1) is 0 Å². The predicted molar refractivity (Wildman–Crippen MR) is 179 cm³/mol. The number of piperidine rings is 1. The van der Waals surface area contributed by atoms with Gasteiger partial charge in [0.1, 0.15) is 17.5 Å². The van der Waals surface area contributed by atoms with Crippen LogP contribution in [0.4, 0.5) is 13.2 Å². The van der Waals surface area contributed by atoms with Crippen LogP contribution in [0.3, 0.4) is 0 Å². The van der Waals surface area contributed by atoms with Gasteiger partial charge in [0.05, 0.1) is 23.1 Å². The van der Waals surface area contributed by atoms with Crippen LogP contribution in [-0.4, -0.2) is 65.1 Å². The van der Waals surface area contributed by atoms with Crippen LogP contribution in [-0.2, 0) is 38.8 Å². The molecule has 1 amide bonds. The molecule has 0 aromatic heterocycles. The molecule has 6 nitrogen and oxygen atoms in total. The lowest BCUT2D eigenvalue weighted by atomic mass is 9.48. The van der Waals surface area contributed by atoms with Gasteiger partial charge in [-0.25, -0.2) is 0 Å². The molecule has 2 aliphatic carbocycles. The van der Waals surface area contributed by atoms with E-state index in [1.807, 2.05) is 32.0 Å². The van der Waals surface area contributed by atoms with Crippen LogP contribution in [0, 0.1) is 17.8 Å². The molecule has 0 N–H and O–H groups in total. The molecule has 1 saturated carbocycles. The summed E-state index contributed by atoms with van der Waals surface area (Å²) in [6, 6.07) is 20.7. The van der Waals surface area contributed by atoms with Crippen LogP contribution in [0.25, 0.3) is 0 Å². The van der Waals surface area contributed by atoms with Crippen molar-refractivity contribution >= 4 is 11.9 Å². The molecule has 3 aromatic carbocycles. The molecule has 49 heavy (non-hydrogen) atoms. The first-order valence-electron chi connectivity index (χ1n) is 17.2. The average molecular weight is 671 g/mol. The van der Waals surface area contributed by atoms with Gasteiger partial charge >= 0.3 is 12.1 Å². The topological polar surface area (TPSA) is 59.1 Å². The summed E-state index contributed by atoms with van der Waals surface area (Å²) in [5, 5.41) is 0. The number of halogens is 3. The lowest BCUT2D eigenvalue weighted by Gasteiger charge is -2.65. The number of rotatable bonds is 7. The highest BCUT2D eigenvalue weighted by atomic mass is 19.4. The maximum absolute atomic E-state index is 14.0. The van der Waals surface area contributed by atoms with Crippen molar-refractivity contribution in [1.82, 2.24) is 9.80 Å². The van der Waals surface area contributed by atoms with Crippen molar-refractivity contribution in [3.63, 3.8) is 0 Å². The second-order valence-corrected chi connectivity index (χ2v) is 14.3. The number of carbonyl (C=O) groups excluding carboxylic acids is 2. The van der Waals surface area contributed by atoms with E-state index in [1.165, 1.54) is 30.2 Å². The molecule has 256 valence electrons. The zero-order valence-corrected chi connectivity index (χ0v) is 28.1. The maximum Gasteiger partial charge on any atom is 0.416 e. The average Bonchev–Trinajstić information content (AvgIpc) is 3.41. The summed E-state index contributed by atoms with van der Waals surface area (Å²) >= 11 is 0. The van der Waals surface area contributed by atoms with Gasteiger partial charge < -0.3 is 14.4 Å². The van der Waals surface area contributed by atoms with Crippen molar-refractivity contribution in [3.05, 3.63) is 101 Å². The number of amides is 1. The first kappa shape index (κ1) is 33.2. The molecular formula is C40H41F3N2O4. The standard InChI is InChI=1S/C40H41F3N2O4/c1-26(2)25-45(35(47)17-14-29-12-15-31(16-13-29)40(41,42)43)32-18-20-39(49-27(3)46)34-24-30-10-7-11-33-36(30)38(39,37(32)48-33)21-23-44(34)22-19-28-8-5-4-6-9-28/h4-13,15-16,26,32,34,37H,18-25H2,1-3H3/t32-,34+,37-,38-,39+/m0/s1. The van der Waals surface area contributed by atoms with Gasteiger partial charge in [0, 0.05) is 37.1 Å². The molecule has 9 heteroatoms. The Kier molecular flexibility index (Phi) is 8.51. The number of esters is 1. The van der Waals surface area contributed by atoms with Crippen LogP contribution in [0.2, 0.25) is 0 Å². The Morgan fingerprint density at radius 1 is 1.04 bits per heavy atom. The van der Waals surface area contributed by atoms with E-state index in [2.05, 4.69) is 47.1 Å². The molecule has 1 saturated heterocycles. The fourth-order valence-electron chi connectivity index (χ4n) is 9.22. The lowest BCUT2D eigenvalue weighted by Crippen LogP contribution is -2.79. The van der Waals surface area contributed by atoms with E-state index in [9.17, 15) is 22.8 Å². The van der Waals surface area contributed by atoms with Gasteiger partial charge in [-0.3, -0.25) is 14.5 Å². The van der Waals surface area contributed by atoms with Gasteiger partial charge in [0.15, 0.2) is 0 Å². The predicted octanol–water partition coefficient (Wildman–Crippen LogP) is 6.58. The Labute approximate surface area is 285 Å². The first-order chi connectivity index (χ1) is 23.4. The van der Waals surface area contributed by atoms with E-state index >= 15 is 0 Å². The summed E-state index contributed by atoms with van der Waals surface area (Å²) in [5.41, 5.74) is 1.63. The second kappa shape index (κ2) is 12.5. The molecule has 4 aliphatic rings. The number of alkyl halides is 3. The highest BCUT2D eigenvalue weighted by Crippen LogP contribution is 2.65. The first-order valence-corrected chi connectivity index (χ1v) is 17.2. The van der Waals surface area contributed by atoms with Crippen molar-refractivity contribution in [2.24, 2.45) is 5.92 Å². The third kappa shape index (κ3) is 5.68. The zero-order valence-electron chi connectivity index (χ0n) is 28.1. The number of likely N-dealkylation sites (tertiary alicyclic amines) is 1. The molecule has 2 fully saturated rings. The van der Waals surface area contributed by atoms with E-state index in [0.717, 1.165) is 49.4 Å². The molecule has 2 aliphatic heterocycles. The number of nitrogens with zero attached hydrogens (tertiary/aromatic N) is 2. The molecule has 0 radical (unpaired) electrons. The Bertz CT molecular complexity index is 1800. The Hall–Kier alpha value is -4.29. The lowest BCUT2D eigenvalue weighted by molar-refractivity contribution is -0.224. The van der Waals surface area contributed by atoms with E-state index in [-0.39, 0.29) is 24.0 Å². The van der Waals surface area contributed by atoms with Crippen molar-refractivity contribution in [2.75, 3.05) is 19.6 Å². The summed E-state index contributed by atoms with van der Waals surface area (Å²) in [7, 11) is 0. The van der Waals surface area contributed by atoms with Gasteiger partial charge in [-0.2, -0.15) is 13.2 Å². The van der Waals surface area contributed by atoms with Gasteiger partial charge in [0.2, 0.25) is 0 Å². The number of benzene rings is 3. The van der Waals surface area contributed by atoms with Crippen molar-refractivity contribution in [3.8, 4) is 17.6 Å². The highest BCUT2D eigenvalue weighted by Gasteiger charge is 2.75. The minimum atomic E-state index is -4.45. The number of hydrogen-bond acceptors (Lipinski definition) is 5. The summed E-state index contributed by atoms with van der Waals surface area (Å²) in [4.78, 5) is 31.4. The SMILES string of the molecule is CC(=O)O[C@@]12CC[C@H](N(CC(C)C)C(=O)C#Cc3ccc(C(F)(F)F)cc3)[C@@H]3Oc4cccc5c4[C@@]31CCN(CCc1ccccc1)[C@@H]2C5. The smallest absolute Gasteiger partial charge is 0.416 e. The normalized spacial score (nSPS) is 26.6. The van der Waals surface area contributed by atoms with Crippen LogP contribution < -0.4 is 4.74 Å². The number of ether oxygens (including phenoxy) is 2. The summed E-state index contributed by atoms with van der Waals surface area (Å²) in [5.74, 6) is 5.73. The van der Waals surface area contributed by atoms with E-state index < -0.39 is 34.8 Å². The number of carbonyl (C=O) groups is 2.